The number of amides is 1. The van der Waals surface area contributed by atoms with Crippen LogP contribution in [0.25, 0.3) is 0 Å². The molecule has 0 saturated carbocycles. The van der Waals surface area contributed by atoms with E-state index in [2.05, 4.69) is 5.32 Å². The third-order valence-electron chi connectivity index (χ3n) is 3.75. The molecule has 1 aromatic rings. The summed E-state index contributed by atoms with van der Waals surface area (Å²) in [7, 11) is 0. The van der Waals surface area contributed by atoms with E-state index in [0.29, 0.717) is 25.6 Å². The molecule has 0 radical (unpaired) electrons. The minimum absolute atomic E-state index is 0.217. The Morgan fingerprint density at radius 3 is 2.50 bits per heavy atom. The molecule has 2 atom stereocenters. The lowest BCUT2D eigenvalue weighted by molar-refractivity contribution is -0.145. The van der Waals surface area contributed by atoms with Crippen LogP contribution in [0.3, 0.4) is 0 Å². The van der Waals surface area contributed by atoms with Crippen LogP contribution in [-0.4, -0.2) is 49.5 Å². The monoisotopic (exact) mass is 337 g/mol. The van der Waals surface area contributed by atoms with Gasteiger partial charge in [-0.3, -0.25) is 4.79 Å². The van der Waals surface area contributed by atoms with Crippen molar-refractivity contribution in [3.05, 3.63) is 24.3 Å². The fourth-order valence-corrected chi connectivity index (χ4v) is 2.57. The second kappa shape index (κ2) is 9.12. The Morgan fingerprint density at radius 1 is 1.29 bits per heavy atom. The Bertz CT molecular complexity index is 539. The first-order valence-electron chi connectivity index (χ1n) is 8.05. The predicted molar refractivity (Wildman–Crippen MR) is 86.2 cm³/mol. The molecular weight excluding hydrogens is 314 g/mol. The molecule has 1 amide bonds. The summed E-state index contributed by atoms with van der Waals surface area (Å²) >= 11 is 0. The SMILES string of the molecule is CCOc1ccc(OCC(=O)NC(C(=O)O)C2CCCOC2)cc1. The topological polar surface area (TPSA) is 94.1 Å². The van der Waals surface area contributed by atoms with Crippen LogP contribution in [0.4, 0.5) is 0 Å². The number of benzene rings is 1. The molecule has 0 bridgehead atoms. The number of hydrogen-bond acceptors (Lipinski definition) is 5. The van der Waals surface area contributed by atoms with E-state index in [4.69, 9.17) is 14.2 Å². The number of hydrogen-bond donors (Lipinski definition) is 2. The first kappa shape index (κ1) is 18.1. The maximum atomic E-state index is 12.0. The lowest BCUT2D eigenvalue weighted by Gasteiger charge is -2.28. The molecule has 2 rings (SSSR count). The van der Waals surface area contributed by atoms with Crippen LogP contribution in [0.2, 0.25) is 0 Å². The molecule has 1 heterocycles. The minimum Gasteiger partial charge on any atom is -0.494 e. The van der Waals surface area contributed by atoms with E-state index in [9.17, 15) is 14.7 Å². The summed E-state index contributed by atoms with van der Waals surface area (Å²) in [5.41, 5.74) is 0. The second-order valence-corrected chi connectivity index (χ2v) is 5.55. The van der Waals surface area contributed by atoms with E-state index in [1.807, 2.05) is 6.92 Å². The Hall–Kier alpha value is -2.28. The van der Waals surface area contributed by atoms with Crippen molar-refractivity contribution in [2.45, 2.75) is 25.8 Å². The van der Waals surface area contributed by atoms with Gasteiger partial charge in [0.25, 0.3) is 5.91 Å². The van der Waals surface area contributed by atoms with Crippen LogP contribution in [-0.2, 0) is 14.3 Å². The highest BCUT2D eigenvalue weighted by Gasteiger charge is 2.31. The number of rotatable bonds is 8. The Balaban J connectivity index is 1.83. The van der Waals surface area contributed by atoms with Gasteiger partial charge < -0.3 is 24.6 Å². The van der Waals surface area contributed by atoms with Gasteiger partial charge in [0.05, 0.1) is 13.2 Å². The van der Waals surface area contributed by atoms with Gasteiger partial charge in [-0.25, -0.2) is 4.79 Å². The summed E-state index contributed by atoms with van der Waals surface area (Å²) in [6.07, 6.45) is 1.52. The number of aliphatic carboxylic acids is 1. The van der Waals surface area contributed by atoms with Gasteiger partial charge in [0.2, 0.25) is 0 Å². The minimum atomic E-state index is -1.06. The quantitative estimate of drug-likeness (QED) is 0.746. The molecular formula is C17H23NO6. The number of carbonyl (C=O) groups excluding carboxylic acids is 1. The highest BCUT2D eigenvalue weighted by Crippen LogP contribution is 2.19. The molecule has 2 unspecified atom stereocenters. The molecule has 7 nitrogen and oxygen atoms in total. The van der Waals surface area contributed by atoms with Gasteiger partial charge >= 0.3 is 5.97 Å². The van der Waals surface area contributed by atoms with Crippen LogP contribution in [0, 0.1) is 5.92 Å². The van der Waals surface area contributed by atoms with Crippen molar-refractivity contribution in [2.75, 3.05) is 26.4 Å². The van der Waals surface area contributed by atoms with Crippen molar-refractivity contribution in [2.24, 2.45) is 5.92 Å². The summed E-state index contributed by atoms with van der Waals surface area (Å²) < 4.78 is 16.0. The Morgan fingerprint density at radius 2 is 1.96 bits per heavy atom. The average Bonchev–Trinajstić information content (AvgIpc) is 2.60. The summed E-state index contributed by atoms with van der Waals surface area (Å²) in [6.45, 7) is 3.20. The van der Waals surface area contributed by atoms with Gasteiger partial charge in [0, 0.05) is 12.5 Å². The normalized spacial score (nSPS) is 18.5. The van der Waals surface area contributed by atoms with E-state index >= 15 is 0 Å². The van der Waals surface area contributed by atoms with Gasteiger partial charge in [0.1, 0.15) is 17.5 Å². The molecule has 1 aromatic carbocycles. The molecule has 1 saturated heterocycles. The fraction of sp³-hybridized carbons (Fsp3) is 0.529. The van der Waals surface area contributed by atoms with Crippen molar-refractivity contribution in [1.82, 2.24) is 5.32 Å². The standard InChI is InChI=1S/C17H23NO6/c1-2-23-13-5-7-14(8-6-13)24-11-15(19)18-16(17(20)21)12-4-3-9-22-10-12/h5-8,12,16H,2-4,9-11H2,1H3,(H,18,19)(H,20,21). The largest absolute Gasteiger partial charge is 0.494 e. The van der Waals surface area contributed by atoms with E-state index < -0.39 is 17.9 Å². The summed E-state index contributed by atoms with van der Waals surface area (Å²) in [5, 5.41) is 11.8. The van der Waals surface area contributed by atoms with Crippen molar-refractivity contribution < 1.29 is 28.9 Å². The molecule has 2 N–H and O–H groups in total. The van der Waals surface area contributed by atoms with E-state index in [1.54, 1.807) is 24.3 Å². The average molecular weight is 337 g/mol. The van der Waals surface area contributed by atoms with Crippen LogP contribution >= 0.6 is 0 Å². The number of nitrogens with one attached hydrogen (secondary N) is 1. The molecule has 132 valence electrons. The molecule has 0 aliphatic carbocycles. The van der Waals surface area contributed by atoms with Gasteiger partial charge in [-0.1, -0.05) is 0 Å². The smallest absolute Gasteiger partial charge is 0.326 e. The predicted octanol–water partition coefficient (Wildman–Crippen LogP) is 1.46. The molecule has 1 aliphatic heterocycles. The number of carboxylic acids is 1. The van der Waals surface area contributed by atoms with Gasteiger partial charge in [-0.05, 0) is 44.0 Å². The van der Waals surface area contributed by atoms with Crippen LogP contribution in [0.1, 0.15) is 19.8 Å². The van der Waals surface area contributed by atoms with Crippen molar-refractivity contribution in [1.29, 1.82) is 0 Å². The number of ether oxygens (including phenoxy) is 3. The zero-order valence-electron chi connectivity index (χ0n) is 13.7. The third kappa shape index (κ3) is 5.42. The van der Waals surface area contributed by atoms with Gasteiger partial charge in [-0.15, -0.1) is 0 Å². The molecule has 0 aromatic heterocycles. The maximum Gasteiger partial charge on any atom is 0.326 e. The van der Waals surface area contributed by atoms with Crippen LogP contribution in [0.15, 0.2) is 24.3 Å². The van der Waals surface area contributed by atoms with E-state index in [-0.39, 0.29) is 12.5 Å². The first-order chi connectivity index (χ1) is 11.6. The third-order valence-corrected chi connectivity index (χ3v) is 3.75. The highest BCUT2D eigenvalue weighted by molar-refractivity contribution is 5.84. The van der Waals surface area contributed by atoms with Gasteiger partial charge in [-0.2, -0.15) is 0 Å². The van der Waals surface area contributed by atoms with E-state index in [1.165, 1.54) is 0 Å². The number of carboxylic acid groups (broad SMARTS) is 1. The summed E-state index contributed by atoms with van der Waals surface area (Å²) in [5.74, 6) is -0.508. The molecule has 1 fully saturated rings. The lowest BCUT2D eigenvalue weighted by atomic mass is 9.94. The Kier molecular flexibility index (Phi) is 6.87. The first-order valence-corrected chi connectivity index (χ1v) is 8.05. The van der Waals surface area contributed by atoms with Crippen molar-refractivity contribution in [3.8, 4) is 11.5 Å². The van der Waals surface area contributed by atoms with Crippen molar-refractivity contribution >= 4 is 11.9 Å². The lowest BCUT2D eigenvalue weighted by Crippen LogP contribution is -2.49. The fourth-order valence-electron chi connectivity index (χ4n) is 2.57. The van der Waals surface area contributed by atoms with Crippen molar-refractivity contribution in [3.63, 3.8) is 0 Å². The van der Waals surface area contributed by atoms with Crippen LogP contribution < -0.4 is 14.8 Å². The zero-order chi connectivity index (χ0) is 17.4. The summed E-state index contributed by atoms with van der Waals surface area (Å²) in [6, 6.07) is 5.93. The highest BCUT2D eigenvalue weighted by atomic mass is 16.5. The number of carbonyl (C=O) groups is 2. The van der Waals surface area contributed by atoms with Gasteiger partial charge in [0.15, 0.2) is 6.61 Å². The Labute approximate surface area is 140 Å². The van der Waals surface area contributed by atoms with E-state index in [0.717, 1.165) is 18.6 Å². The molecule has 7 heteroatoms. The van der Waals surface area contributed by atoms with Crippen LogP contribution in [0.5, 0.6) is 11.5 Å². The molecule has 24 heavy (non-hydrogen) atoms. The second-order valence-electron chi connectivity index (χ2n) is 5.55. The zero-order valence-corrected chi connectivity index (χ0v) is 13.7. The molecule has 1 aliphatic rings. The molecule has 0 spiro atoms. The maximum absolute atomic E-state index is 12.0. The summed E-state index contributed by atoms with van der Waals surface area (Å²) in [4.78, 5) is 23.4.